The second-order valence-corrected chi connectivity index (χ2v) is 5.84. The summed E-state index contributed by atoms with van der Waals surface area (Å²) in [5.74, 6) is 0.700. The number of para-hydroxylation sites is 2. The average molecular weight is 378 g/mol. The average Bonchev–Trinajstić information content (AvgIpc) is 3.07. The van der Waals surface area contributed by atoms with E-state index in [1.54, 1.807) is 24.3 Å². The van der Waals surface area contributed by atoms with Crippen molar-refractivity contribution in [2.24, 2.45) is 0 Å². The van der Waals surface area contributed by atoms with Gasteiger partial charge in [0.15, 0.2) is 23.0 Å². The Morgan fingerprint density at radius 3 is 2.74 bits per heavy atom. The van der Waals surface area contributed by atoms with E-state index in [2.05, 4.69) is 15.5 Å². The second-order valence-electron chi connectivity index (χ2n) is 5.84. The van der Waals surface area contributed by atoms with Gasteiger partial charge in [0.25, 0.3) is 5.91 Å². The predicted octanol–water partition coefficient (Wildman–Crippen LogP) is 2.20. The molecule has 2 aromatic heterocycles. The zero-order chi connectivity index (χ0) is 19.0. The molecule has 0 radical (unpaired) electrons. The molecule has 1 amide bonds. The van der Waals surface area contributed by atoms with Crippen LogP contribution in [0, 0.1) is 0 Å². The number of alkyl halides is 3. The molecule has 0 saturated carbocycles. The van der Waals surface area contributed by atoms with Gasteiger partial charge < -0.3 is 14.8 Å². The lowest BCUT2D eigenvalue weighted by molar-refractivity contribution is -0.138. The normalized spacial score (nSPS) is 16.3. The summed E-state index contributed by atoms with van der Waals surface area (Å²) in [6.07, 6.45) is -4.46. The molecule has 27 heavy (non-hydrogen) atoms. The van der Waals surface area contributed by atoms with Crippen LogP contribution in [-0.4, -0.2) is 33.2 Å². The molecule has 1 aliphatic heterocycles. The minimum absolute atomic E-state index is 0.0294. The number of hydrogen-bond acceptors (Lipinski definition) is 5. The number of aromatic nitrogens is 3. The molecule has 0 unspecified atom stereocenters. The second kappa shape index (κ2) is 6.45. The van der Waals surface area contributed by atoms with E-state index in [-0.39, 0.29) is 24.6 Å². The van der Waals surface area contributed by atoms with Gasteiger partial charge in [-0.15, -0.1) is 10.2 Å². The highest BCUT2D eigenvalue weighted by Crippen LogP contribution is 2.31. The molecule has 1 N–H and O–H groups in total. The molecule has 7 nitrogen and oxygen atoms in total. The van der Waals surface area contributed by atoms with Gasteiger partial charge >= 0.3 is 6.18 Å². The topological polar surface area (TPSA) is 77.8 Å². The smallest absolute Gasteiger partial charge is 0.417 e. The first-order valence-corrected chi connectivity index (χ1v) is 7.99. The maximum absolute atomic E-state index is 12.9. The molecule has 0 aliphatic carbocycles. The van der Waals surface area contributed by atoms with Gasteiger partial charge in [-0.25, -0.2) is 0 Å². The number of fused-ring (bicyclic) bond motifs is 2. The molecule has 0 spiro atoms. The van der Waals surface area contributed by atoms with Crippen LogP contribution < -0.4 is 14.8 Å². The van der Waals surface area contributed by atoms with Gasteiger partial charge in [0.05, 0.1) is 12.1 Å². The van der Waals surface area contributed by atoms with Crippen LogP contribution in [0.5, 0.6) is 11.5 Å². The van der Waals surface area contributed by atoms with Crippen LogP contribution in [0.1, 0.15) is 11.4 Å². The fourth-order valence-electron chi connectivity index (χ4n) is 2.66. The quantitative estimate of drug-likeness (QED) is 0.756. The predicted molar refractivity (Wildman–Crippen MR) is 86.2 cm³/mol. The fraction of sp³-hybridized carbons (Fsp3) is 0.235. The summed E-state index contributed by atoms with van der Waals surface area (Å²) in [6, 6.07) is 9.09. The largest absolute Gasteiger partial charge is 0.485 e. The maximum Gasteiger partial charge on any atom is 0.417 e. The highest BCUT2D eigenvalue weighted by atomic mass is 19.4. The van der Waals surface area contributed by atoms with Crippen LogP contribution in [0.4, 0.5) is 13.2 Å². The molecular weight excluding hydrogens is 365 g/mol. The molecule has 3 aromatic rings. The molecule has 0 fully saturated rings. The Balaban J connectivity index is 1.46. The molecule has 1 atom stereocenters. The third-order valence-corrected chi connectivity index (χ3v) is 4.02. The lowest BCUT2D eigenvalue weighted by Gasteiger charge is -2.25. The number of nitrogens with one attached hydrogen (secondary N) is 1. The SMILES string of the molecule is O=C(NCc1nnc2ccc(C(F)(F)F)cn12)[C@@H]1COc2ccccc2O1. The molecule has 4 rings (SSSR count). The number of benzene rings is 1. The standard InChI is InChI=1S/C17H13F3N4O3/c18-17(19,20)10-5-6-14-22-23-15(24(14)8-10)7-21-16(25)13-9-26-11-3-1-2-4-12(11)27-13/h1-6,8,13H,7,9H2,(H,21,25)/t13-/m0/s1. The van der Waals surface area contributed by atoms with E-state index in [0.717, 1.165) is 12.3 Å². The number of nitrogens with zero attached hydrogens (tertiary/aromatic N) is 3. The van der Waals surface area contributed by atoms with Crippen molar-refractivity contribution in [2.75, 3.05) is 6.61 Å². The van der Waals surface area contributed by atoms with E-state index in [0.29, 0.717) is 11.5 Å². The van der Waals surface area contributed by atoms with Gasteiger partial charge in [-0.2, -0.15) is 13.2 Å². The van der Waals surface area contributed by atoms with Gasteiger partial charge in [0.2, 0.25) is 6.10 Å². The Morgan fingerprint density at radius 2 is 1.96 bits per heavy atom. The van der Waals surface area contributed by atoms with Crippen molar-refractivity contribution >= 4 is 11.6 Å². The molecule has 140 valence electrons. The van der Waals surface area contributed by atoms with Gasteiger partial charge in [0, 0.05) is 6.20 Å². The molecule has 10 heteroatoms. The summed E-state index contributed by atoms with van der Waals surface area (Å²) in [7, 11) is 0. The molecular formula is C17H13F3N4O3. The monoisotopic (exact) mass is 378 g/mol. The van der Waals surface area contributed by atoms with Gasteiger partial charge in [-0.05, 0) is 24.3 Å². The third kappa shape index (κ3) is 3.37. The van der Waals surface area contributed by atoms with E-state index in [1.807, 2.05) is 0 Å². The number of pyridine rings is 1. The molecule has 1 aliphatic rings. The highest BCUT2D eigenvalue weighted by molar-refractivity contribution is 5.81. The Labute approximate surface area is 150 Å². The fourth-order valence-corrected chi connectivity index (χ4v) is 2.66. The summed E-state index contributed by atoms with van der Waals surface area (Å²) in [5.41, 5.74) is -0.582. The lowest BCUT2D eigenvalue weighted by atomic mass is 10.2. The van der Waals surface area contributed by atoms with Crippen molar-refractivity contribution < 1.29 is 27.4 Å². The van der Waals surface area contributed by atoms with Crippen LogP contribution in [0.2, 0.25) is 0 Å². The summed E-state index contributed by atoms with van der Waals surface area (Å²) < 4.78 is 50.9. The van der Waals surface area contributed by atoms with Crippen molar-refractivity contribution in [1.82, 2.24) is 19.9 Å². The van der Waals surface area contributed by atoms with E-state index >= 15 is 0 Å². The van der Waals surface area contributed by atoms with Crippen molar-refractivity contribution in [3.05, 3.63) is 54.0 Å². The molecule has 0 bridgehead atoms. The molecule has 0 saturated heterocycles. The van der Waals surface area contributed by atoms with Crippen molar-refractivity contribution in [2.45, 2.75) is 18.8 Å². The zero-order valence-electron chi connectivity index (χ0n) is 13.7. The van der Waals surface area contributed by atoms with E-state index in [1.165, 1.54) is 10.5 Å². The van der Waals surface area contributed by atoms with Crippen LogP contribution >= 0.6 is 0 Å². The Morgan fingerprint density at radius 1 is 1.19 bits per heavy atom. The minimum atomic E-state index is -4.49. The first-order chi connectivity index (χ1) is 12.9. The zero-order valence-corrected chi connectivity index (χ0v) is 13.7. The Bertz CT molecular complexity index is 1000. The minimum Gasteiger partial charge on any atom is -0.485 e. The van der Waals surface area contributed by atoms with Crippen molar-refractivity contribution in [3.63, 3.8) is 0 Å². The number of carbonyl (C=O) groups is 1. The third-order valence-electron chi connectivity index (χ3n) is 4.02. The number of hydrogen-bond donors (Lipinski definition) is 1. The van der Waals surface area contributed by atoms with Gasteiger partial charge in [-0.1, -0.05) is 12.1 Å². The lowest BCUT2D eigenvalue weighted by Crippen LogP contribution is -2.43. The van der Waals surface area contributed by atoms with Crippen LogP contribution in [-0.2, 0) is 17.5 Å². The summed E-state index contributed by atoms with van der Waals surface area (Å²) in [4.78, 5) is 12.3. The summed E-state index contributed by atoms with van der Waals surface area (Å²) >= 11 is 0. The van der Waals surface area contributed by atoms with Crippen LogP contribution in [0.15, 0.2) is 42.6 Å². The number of ether oxygens (including phenoxy) is 2. The van der Waals surface area contributed by atoms with E-state index in [4.69, 9.17) is 9.47 Å². The molecule has 3 heterocycles. The van der Waals surface area contributed by atoms with Gasteiger partial charge in [-0.3, -0.25) is 9.20 Å². The maximum atomic E-state index is 12.9. The number of amides is 1. The number of halogens is 3. The summed E-state index contributed by atoms with van der Waals surface area (Å²) in [6.45, 7) is -0.0789. The van der Waals surface area contributed by atoms with Crippen LogP contribution in [0.3, 0.4) is 0 Å². The Hall–Kier alpha value is -3.30. The Kier molecular flexibility index (Phi) is 4.09. The first-order valence-electron chi connectivity index (χ1n) is 7.99. The number of rotatable bonds is 3. The first kappa shape index (κ1) is 17.1. The van der Waals surface area contributed by atoms with Crippen molar-refractivity contribution in [3.8, 4) is 11.5 Å². The van der Waals surface area contributed by atoms with Crippen LogP contribution in [0.25, 0.3) is 5.65 Å². The summed E-state index contributed by atoms with van der Waals surface area (Å²) in [5, 5.41) is 10.2. The van der Waals surface area contributed by atoms with Gasteiger partial charge in [0.1, 0.15) is 6.61 Å². The molecule has 1 aromatic carbocycles. The highest BCUT2D eigenvalue weighted by Gasteiger charge is 2.31. The van der Waals surface area contributed by atoms with Crippen molar-refractivity contribution in [1.29, 1.82) is 0 Å². The number of carbonyl (C=O) groups excluding carboxylic acids is 1. The van der Waals surface area contributed by atoms with E-state index < -0.39 is 23.8 Å². The van der Waals surface area contributed by atoms with E-state index in [9.17, 15) is 18.0 Å².